The molecule has 1 heterocycles. The number of alkyl halides is 3. The van der Waals surface area contributed by atoms with Crippen LogP contribution >= 0.6 is 0 Å². The van der Waals surface area contributed by atoms with E-state index >= 15 is 0 Å². The molecule has 4 nitrogen and oxygen atoms in total. The lowest BCUT2D eigenvalue weighted by atomic mass is 10.4. The second kappa shape index (κ2) is 3.87. The van der Waals surface area contributed by atoms with Gasteiger partial charge in [-0.1, -0.05) is 0 Å². The minimum Gasteiger partial charge on any atom is -0.463 e. The summed E-state index contributed by atoms with van der Waals surface area (Å²) in [4.78, 5) is 6.43. The molecule has 0 radical (unpaired) electrons. The molecule has 84 valence electrons. The third-order valence-corrected chi connectivity index (χ3v) is 1.48. The average Bonchev–Trinajstić information content (AvgIpc) is 2.09. The van der Waals surface area contributed by atoms with Gasteiger partial charge in [0.25, 0.3) is 5.88 Å². The fraction of sp³-hybridized carbons (Fsp3) is 0.429. The lowest BCUT2D eigenvalue weighted by molar-refractivity contribution is -0.190. The van der Waals surface area contributed by atoms with E-state index in [1.165, 1.54) is 0 Å². The van der Waals surface area contributed by atoms with E-state index in [1.807, 2.05) is 0 Å². The molecule has 1 rings (SSSR count). The first-order valence-electron chi connectivity index (χ1n) is 3.82. The van der Waals surface area contributed by atoms with Gasteiger partial charge >= 0.3 is 6.18 Å². The number of anilines is 1. The second-order valence-electron chi connectivity index (χ2n) is 2.68. The molecule has 0 saturated carbocycles. The maximum Gasteiger partial charge on any atom is 0.425 e. The molecule has 0 fully saturated rings. The lowest BCUT2D eigenvalue weighted by Gasteiger charge is -2.16. The Hall–Kier alpha value is -1.60. The molecule has 1 aromatic heterocycles. The summed E-state index contributed by atoms with van der Waals surface area (Å²) in [7, 11) is 0. The van der Waals surface area contributed by atoms with Gasteiger partial charge in [0.2, 0.25) is 11.8 Å². The summed E-state index contributed by atoms with van der Waals surface area (Å²) < 4.78 is 53.2. The first kappa shape index (κ1) is 11.5. The molecule has 1 aromatic rings. The van der Waals surface area contributed by atoms with E-state index in [0.717, 1.165) is 6.92 Å². The van der Waals surface area contributed by atoms with Crippen molar-refractivity contribution in [3.63, 3.8) is 0 Å². The topological polar surface area (TPSA) is 61.0 Å². The highest BCUT2D eigenvalue weighted by molar-refractivity contribution is 5.22. The molecule has 0 aromatic carbocycles. The number of hydrogen-bond acceptors (Lipinski definition) is 4. The Labute approximate surface area is 82.1 Å². The minimum absolute atomic E-state index is 0.360. The number of nitrogen functional groups attached to an aromatic ring is 1. The molecule has 0 aliphatic heterocycles. The van der Waals surface area contributed by atoms with Gasteiger partial charge in [0.05, 0.1) is 6.20 Å². The molecular formula is C7H7F4N3O. The molecule has 8 heteroatoms. The smallest absolute Gasteiger partial charge is 0.425 e. The number of halogens is 4. The zero-order chi connectivity index (χ0) is 11.6. The first-order valence-corrected chi connectivity index (χ1v) is 3.82. The first-order chi connectivity index (χ1) is 6.80. The molecule has 1 atom stereocenters. The largest absolute Gasteiger partial charge is 0.463 e. The van der Waals surface area contributed by atoms with E-state index in [0.29, 0.717) is 6.20 Å². The fourth-order valence-electron chi connectivity index (χ4n) is 0.681. The lowest BCUT2D eigenvalue weighted by Crippen LogP contribution is -2.31. The Bertz CT molecular complexity index is 355. The van der Waals surface area contributed by atoms with E-state index < -0.39 is 24.0 Å². The molecule has 0 bridgehead atoms. The third kappa shape index (κ3) is 2.93. The van der Waals surface area contributed by atoms with E-state index in [9.17, 15) is 17.6 Å². The van der Waals surface area contributed by atoms with Crippen molar-refractivity contribution in [3.05, 3.63) is 12.0 Å². The van der Waals surface area contributed by atoms with Gasteiger partial charge in [-0.05, 0) is 6.92 Å². The van der Waals surface area contributed by atoms with Crippen molar-refractivity contribution in [2.75, 3.05) is 5.73 Å². The zero-order valence-corrected chi connectivity index (χ0v) is 7.55. The maximum atomic E-state index is 12.8. The van der Waals surface area contributed by atoms with E-state index in [2.05, 4.69) is 14.7 Å². The van der Waals surface area contributed by atoms with Crippen molar-refractivity contribution in [2.45, 2.75) is 19.2 Å². The number of ether oxygens (including phenoxy) is 1. The predicted octanol–water partition coefficient (Wildman–Crippen LogP) is 1.53. The van der Waals surface area contributed by atoms with Gasteiger partial charge in [0.1, 0.15) is 0 Å². The quantitative estimate of drug-likeness (QED) is 0.775. The monoisotopic (exact) mass is 225 g/mol. The van der Waals surface area contributed by atoms with Gasteiger partial charge in [-0.3, -0.25) is 0 Å². The molecule has 1 unspecified atom stereocenters. The van der Waals surface area contributed by atoms with Crippen LogP contribution in [0.25, 0.3) is 0 Å². The predicted molar refractivity (Wildman–Crippen MR) is 42.5 cm³/mol. The third-order valence-electron chi connectivity index (χ3n) is 1.48. The minimum atomic E-state index is -4.59. The maximum absolute atomic E-state index is 12.8. The summed E-state index contributed by atoms with van der Waals surface area (Å²) in [6.07, 6.45) is -6.12. The van der Waals surface area contributed by atoms with Crippen LogP contribution in [0.4, 0.5) is 23.5 Å². The van der Waals surface area contributed by atoms with Crippen LogP contribution in [0.2, 0.25) is 0 Å². The molecule has 15 heavy (non-hydrogen) atoms. The Kier molecular flexibility index (Phi) is 2.96. The number of nitrogens with zero attached hydrogens (tertiary/aromatic N) is 2. The van der Waals surface area contributed by atoms with Crippen LogP contribution in [-0.2, 0) is 0 Å². The Balaban J connectivity index is 2.85. The highest BCUT2D eigenvalue weighted by Crippen LogP contribution is 2.25. The number of rotatable bonds is 2. The van der Waals surface area contributed by atoms with Crippen LogP contribution < -0.4 is 10.5 Å². The summed E-state index contributed by atoms with van der Waals surface area (Å²) in [6, 6.07) is 0. The summed E-state index contributed by atoms with van der Waals surface area (Å²) in [5, 5.41) is 0. The van der Waals surface area contributed by atoms with Crippen molar-refractivity contribution < 1.29 is 22.3 Å². The molecule has 0 spiro atoms. The van der Waals surface area contributed by atoms with E-state index in [-0.39, 0.29) is 5.95 Å². The molecule has 0 amide bonds. The summed E-state index contributed by atoms with van der Waals surface area (Å²) >= 11 is 0. The summed E-state index contributed by atoms with van der Waals surface area (Å²) in [5.74, 6) is -2.27. The highest BCUT2D eigenvalue weighted by Gasteiger charge is 2.38. The van der Waals surface area contributed by atoms with Crippen molar-refractivity contribution >= 4 is 5.95 Å². The normalized spacial score (nSPS) is 13.7. The van der Waals surface area contributed by atoms with Crippen molar-refractivity contribution in [1.29, 1.82) is 0 Å². The van der Waals surface area contributed by atoms with Crippen molar-refractivity contribution in [1.82, 2.24) is 9.97 Å². The standard InChI is InChI=1S/C7H7F4N3O/c1-3(7(9,10)11)15-5-4(8)2-13-6(12)14-5/h2-3H,1H3,(H2,12,13,14). The van der Waals surface area contributed by atoms with Crippen molar-refractivity contribution in [3.8, 4) is 5.88 Å². The zero-order valence-electron chi connectivity index (χ0n) is 7.55. The number of nitrogens with two attached hydrogens (primary N) is 1. The van der Waals surface area contributed by atoms with Gasteiger partial charge in [0, 0.05) is 0 Å². The van der Waals surface area contributed by atoms with Crippen LogP contribution in [0.3, 0.4) is 0 Å². The molecule has 2 N–H and O–H groups in total. The van der Waals surface area contributed by atoms with Crippen molar-refractivity contribution in [2.24, 2.45) is 0 Å². The van der Waals surface area contributed by atoms with Gasteiger partial charge in [-0.2, -0.15) is 22.5 Å². The molecule has 0 aliphatic carbocycles. The Morgan fingerprint density at radius 2 is 2.07 bits per heavy atom. The highest BCUT2D eigenvalue weighted by atomic mass is 19.4. The number of hydrogen-bond donors (Lipinski definition) is 1. The Morgan fingerprint density at radius 3 is 2.60 bits per heavy atom. The van der Waals surface area contributed by atoms with E-state index in [4.69, 9.17) is 5.73 Å². The molecule has 0 saturated heterocycles. The SMILES string of the molecule is CC(Oc1nc(N)ncc1F)C(F)(F)F. The fourth-order valence-corrected chi connectivity index (χ4v) is 0.681. The number of aromatic nitrogens is 2. The van der Waals surface area contributed by atoms with Gasteiger partial charge in [0.15, 0.2) is 6.10 Å². The van der Waals surface area contributed by atoms with Gasteiger partial charge in [-0.25, -0.2) is 4.98 Å². The van der Waals surface area contributed by atoms with Crippen LogP contribution in [0, 0.1) is 5.82 Å². The van der Waals surface area contributed by atoms with Crippen LogP contribution in [0.5, 0.6) is 5.88 Å². The molecule has 0 aliphatic rings. The summed E-state index contributed by atoms with van der Waals surface area (Å²) in [6.45, 7) is 0.734. The second-order valence-corrected chi connectivity index (χ2v) is 2.68. The summed E-state index contributed by atoms with van der Waals surface area (Å²) in [5.41, 5.74) is 5.06. The van der Waals surface area contributed by atoms with Gasteiger partial charge in [-0.15, -0.1) is 0 Å². The van der Waals surface area contributed by atoms with Crippen LogP contribution in [0.1, 0.15) is 6.92 Å². The molecular weight excluding hydrogens is 218 g/mol. The van der Waals surface area contributed by atoms with E-state index in [1.54, 1.807) is 0 Å². The van der Waals surface area contributed by atoms with Crippen LogP contribution in [0.15, 0.2) is 6.20 Å². The Morgan fingerprint density at radius 1 is 1.47 bits per heavy atom. The van der Waals surface area contributed by atoms with Gasteiger partial charge < -0.3 is 10.5 Å². The van der Waals surface area contributed by atoms with Crippen LogP contribution in [-0.4, -0.2) is 22.2 Å². The average molecular weight is 225 g/mol.